The highest BCUT2D eigenvalue weighted by molar-refractivity contribution is 5.29. The van der Waals surface area contributed by atoms with Crippen molar-refractivity contribution < 1.29 is 9.13 Å². The summed E-state index contributed by atoms with van der Waals surface area (Å²) in [4.78, 5) is 12.0. The molecule has 2 aromatic rings. The number of hydrogen-bond donors (Lipinski definition) is 0. The van der Waals surface area contributed by atoms with Crippen LogP contribution in [0.4, 0.5) is 4.39 Å². The third-order valence-electron chi connectivity index (χ3n) is 2.98. The number of aryl methyl sites for hydroxylation is 1. The fourth-order valence-electron chi connectivity index (χ4n) is 1.95. The van der Waals surface area contributed by atoms with E-state index in [4.69, 9.17) is 4.74 Å². The lowest BCUT2D eigenvalue weighted by Crippen LogP contribution is -2.24. The topological polar surface area (TPSA) is 36.2 Å². The molecular weight excluding hydrogens is 247 g/mol. The molecule has 1 heterocycles. The minimum Gasteiger partial charge on any atom is -0.497 e. The van der Waals surface area contributed by atoms with Crippen LogP contribution in [0.15, 0.2) is 35.4 Å². The summed E-state index contributed by atoms with van der Waals surface area (Å²) in [5, 5.41) is 0. The molecule has 5 heteroatoms. The van der Waals surface area contributed by atoms with Crippen LogP contribution in [0.2, 0.25) is 0 Å². The van der Waals surface area contributed by atoms with Gasteiger partial charge in [0.1, 0.15) is 11.6 Å². The van der Waals surface area contributed by atoms with Crippen LogP contribution in [-0.2, 0) is 13.1 Å². The van der Waals surface area contributed by atoms with E-state index in [0.717, 1.165) is 6.42 Å². The first kappa shape index (κ1) is 13.4. The number of hydrogen-bond acceptors (Lipinski definition) is 2. The highest BCUT2D eigenvalue weighted by Gasteiger charge is 2.08. The molecule has 0 saturated heterocycles. The molecule has 0 amide bonds. The monoisotopic (exact) mass is 264 g/mol. The quantitative estimate of drug-likeness (QED) is 0.830. The van der Waals surface area contributed by atoms with Gasteiger partial charge in [-0.1, -0.05) is 13.0 Å². The average molecular weight is 264 g/mol. The highest BCUT2D eigenvalue weighted by Crippen LogP contribution is 2.16. The van der Waals surface area contributed by atoms with E-state index in [2.05, 4.69) is 0 Å². The molecule has 0 atom stereocenters. The molecule has 0 bridgehead atoms. The molecule has 0 fully saturated rings. The molecule has 0 unspecified atom stereocenters. The third-order valence-corrected chi connectivity index (χ3v) is 2.98. The molecule has 4 nitrogen and oxygen atoms in total. The summed E-state index contributed by atoms with van der Waals surface area (Å²) in [6.45, 7) is 2.91. The lowest BCUT2D eigenvalue weighted by molar-refractivity contribution is 0.410. The van der Waals surface area contributed by atoms with Gasteiger partial charge in [-0.25, -0.2) is 9.18 Å². The maximum Gasteiger partial charge on any atom is 0.328 e. The summed E-state index contributed by atoms with van der Waals surface area (Å²) in [6, 6.07) is 4.65. The van der Waals surface area contributed by atoms with E-state index in [1.54, 1.807) is 29.1 Å². The predicted octanol–water partition coefficient (Wildman–Crippen LogP) is 2.26. The van der Waals surface area contributed by atoms with Crippen LogP contribution < -0.4 is 10.4 Å². The Morgan fingerprint density at radius 2 is 2.00 bits per heavy atom. The van der Waals surface area contributed by atoms with Gasteiger partial charge in [0.2, 0.25) is 0 Å². The Labute approximate surface area is 111 Å². The standard InChI is InChI=1S/C14H17FN2O2/c1-3-6-16-7-8-17(14(16)18)10-11-4-5-12(19-2)9-13(11)15/h4-5,7-9H,3,6,10H2,1-2H3. The number of methoxy groups -OCH3 is 1. The Morgan fingerprint density at radius 3 is 2.63 bits per heavy atom. The zero-order chi connectivity index (χ0) is 13.8. The van der Waals surface area contributed by atoms with Crippen LogP contribution in [0.5, 0.6) is 5.75 Å². The van der Waals surface area contributed by atoms with Crippen molar-refractivity contribution in [3.05, 3.63) is 52.5 Å². The normalized spacial score (nSPS) is 10.7. The zero-order valence-electron chi connectivity index (χ0n) is 11.1. The number of benzene rings is 1. The summed E-state index contributed by atoms with van der Waals surface area (Å²) in [5.74, 6) is 0.103. The molecule has 19 heavy (non-hydrogen) atoms. The van der Waals surface area contributed by atoms with Crippen LogP contribution in [0.1, 0.15) is 18.9 Å². The van der Waals surface area contributed by atoms with Crippen molar-refractivity contribution in [2.75, 3.05) is 7.11 Å². The van der Waals surface area contributed by atoms with E-state index in [1.165, 1.54) is 17.7 Å². The average Bonchev–Trinajstić information content (AvgIpc) is 2.74. The van der Waals surface area contributed by atoms with E-state index < -0.39 is 0 Å². The van der Waals surface area contributed by atoms with Crippen molar-refractivity contribution in [3.63, 3.8) is 0 Å². The van der Waals surface area contributed by atoms with Gasteiger partial charge in [-0.2, -0.15) is 0 Å². The van der Waals surface area contributed by atoms with Crippen molar-refractivity contribution >= 4 is 0 Å². The molecule has 0 saturated carbocycles. The smallest absolute Gasteiger partial charge is 0.328 e. The molecular formula is C14H17FN2O2. The Kier molecular flexibility index (Phi) is 4.04. The van der Waals surface area contributed by atoms with E-state index in [9.17, 15) is 9.18 Å². The predicted molar refractivity (Wildman–Crippen MR) is 71.0 cm³/mol. The van der Waals surface area contributed by atoms with Gasteiger partial charge in [0.15, 0.2) is 0 Å². The first-order valence-electron chi connectivity index (χ1n) is 6.23. The number of ether oxygens (including phenoxy) is 1. The Hall–Kier alpha value is -2.04. The highest BCUT2D eigenvalue weighted by atomic mass is 19.1. The number of nitrogens with zero attached hydrogens (tertiary/aromatic N) is 2. The van der Waals surface area contributed by atoms with Crippen molar-refractivity contribution in [2.45, 2.75) is 26.4 Å². The summed E-state index contributed by atoms with van der Waals surface area (Å²) in [7, 11) is 1.49. The minimum absolute atomic E-state index is 0.114. The van der Waals surface area contributed by atoms with E-state index in [-0.39, 0.29) is 18.1 Å². The minimum atomic E-state index is -0.366. The number of halogens is 1. The third kappa shape index (κ3) is 2.86. The van der Waals surface area contributed by atoms with Crippen LogP contribution >= 0.6 is 0 Å². The van der Waals surface area contributed by atoms with Gasteiger partial charge in [-0.05, 0) is 12.5 Å². The Morgan fingerprint density at radius 1 is 1.26 bits per heavy atom. The second kappa shape index (κ2) is 5.73. The molecule has 0 spiro atoms. The molecule has 0 aliphatic rings. The number of imidazole rings is 1. The van der Waals surface area contributed by atoms with E-state index in [1.807, 2.05) is 6.92 Å². The molecule has 0 N–H and O–H groups in total. The molecule has 0 aliphatic heterocycles. The largest absolute Gasteiger partial charge is 0.497 e. The van der Waals surface area contributed by atoms with Crippen molar-refractivity contribution in [3.8, 4) is 5.75 Å². The summed E-state index contributed by atoms with van der Waals surface area (Å²) in [5.41, 5.74) is 0.356. The molecule has 2 rings (SSSR count). The zero-order valence-corrected chi connectivity index (χ0v) is 11.1. The Bertz CT molecular complexity index is 616. The summed E-state index contributed by atoms with van der Waals surface area (Å²) >= 11 is 0. The lowest BCUT2D eigenvalue weighted by atomic mass is 10.2. The molecule has 102 valence electrons. The van der Waals surface area contributed by atoms with Gasteiger partial charge in [-0.3, -0.25) is 9.13 Å². The van der Waals surface area contributed by atoms with Crippen molar-refractivity contribution in [1.29, 1.82) is 0 Å². The SMILES string of the molecule is CCCn1ccn(Cc2ccc(OC)cc2F)c1=O. The molecule has 0 aliphatic carbocycles. The maximum absolute atomic E-state index is 13.8. The second-order valence-electron chi connectivity index (χ2n) is 4.36. The first-order chi connectivity index (χ1) is 9.15. The van der Waals surface area contributed by atoms with Crippen LogP contribution in [0, 0.1) is 5.82 Å². The van der Waals surface area contributed by atoms with Gasteiger partial charge in [0.25, 0.3) is 0 Å². The van der Waals surface area contributed by atoms with E-state index >= 15 is 0 Å². The van der Waals surface area contributed by atoms with Gasteiger partial charge in [0.05, 0.1) is 13.7 Å². The van der Waals surface area contributed by atoms with Gasteiger partial charge >= 0.3 is 5.69 Å². The van der Waals surface area contributed by atoms with Crippen LogP contribution in [0.25, 0.3) is 0 Å². The second-order valence-corrected chi connectivity index (χ2v) is 4.36. The van der Waals surface area contributed by atoms with Gasteiger partial charge < -0.3 is 4.74 Å². The number of rotatable bonds is 5. The molecule has 1 aromatic heterocycles. The van der Waals surface area contributed by atoms with Crippen LogP contribution in [0.3, 0.4) is 0 Å². The van der Waals surface area contributed by atoms with Crippen LogP contribution in [-0.4, -0.2) is 16.2 Å². The van der Waals surface area contributed by atoms with Gasteiger partial charge in [0, 0.05) is 30.6 Å². The Balaban J connectivity index is 2.24. The maximum atomic E-state index is 13.8. The van der Waals surface area contributed by atoms with Crippen molar-refractivity contribution in [2.24, 2.45) is 0 Å². The van der Waals surface area contributed by atoms with E-state index in [0.29, 0.717) is 17.9 Å². The van der Waals surface area contributed by atoms with Crippen molar-refractivity contribution in [1.82, 2.24) is 9.13 Å². The number of aromatic nitrogens is 2. The lowest BCUT2D eigenvalue weighted by Gasteiger charge is -2.06. The fraction of sp³-hybridized carbons (Fsp3) is 0.357. The molecule has 0 radical (unpaired) electrons. The first-order valence-corrected chi connectivity index (χ1v) is 6.23. The molecule has 1 aromatic carbocycles. The fourth-order valence-corrected chi connectivity index (χ4v) is 1.95. The summed E-state index contributed by atoms with van der Waals surface area (Å²) < 4.78 is 21.9. The van der Waals surface area contributed by atoms with Gasteiger partial charge in [-0.15, -0.1) is 0 Å². The summed E-state index contributed by atoms with van der Waals surface area (Å²) in [6.07, 6.45) is 4.30.